The largest absolute Gasteiger partial charge is 0.506 e. The average Bonchev–Trinajstić information content (AvgIpc) is 2.40. The highest BCUT2D eigenvalue weighted by molar-refractivity contribution is 6.05. The quantitative estimate of drug-likeness (QED) is 0.490. The van der Waals surface area contributed by atoms with E-state index in [9.17, 15) is 24.3 Å². The first-order valence-electron chi connectivity index (χ1n) is 5.58. The summed E-state index contributed by atoms with van der Waals surface area (Å²) in [5.41, 5.74) is -2.41. The van der Waals surface area contributed by atoms with E-state index >= 15 is 0 Å². The molecule has 0 aliphatic rings. The first-order chi connectivity index (χ1) is 9.88. The molecule has 5 N–H and O–H groups in total. The van der Waals surface area contributed by atoms with Crippen molar-refractivity contribution in [3.8, 4) is 5.75 Å². The van der Waals surface area contributed by atoms with Crippen LogP contribution in [-0.4, -0.2) is 32.1 Å². The molecule has 108 valence electrons. The number of benzene rings is 1. The standard InChI is InChI=1S/C12H9N3O6/c16-8-2-1-5(11(19)20)3-7(8)14-9(17)6-4-13-12(21)15-10(6)18/h1-4,16H,(H,14,17)(H,19,20)(H2,13,15,18,21). The lowest BCUT2D eigenvalue weighted by Gasteiger charge is -2.07. The van der Waals surface area contributed by atoms with Gasteiger partial charge in [-0.1, -0.05) is 0 Å². The normalized spacial score (nSPS) is 10.1. The van der Waals surface area contributed by atoms with Gasteiger partial charge in [0.15, 0.2) is 0 Å². The van der Waals surface area contributed by atoms with Crippen molar-refractivity contribution in [2.75, 3.05) is 5.32 Å². The second-order valence-corrected chi connectivity index (χ2v) is 3.98. The number of aromatic nitrogens is 2. The molecule has 9 heteroatoms. The Morgan fingerprint density at radius 3 is 2.52 bits per heavy atom. The molecule has 1 aromatic carbocycles. The van der Waals surface area contributed by atoms with Crippen LogP contribution in [0.4, 0.5) is 5.69 Å². The van der Waals surface area contributed by atoms with Crippen LogP contribution in [-0.2, 0) is 0 Å². The maximum Gasteiger partial charge on any atom is 0.335 e. The second kappa shape index (κ2) is 5.33. The molecule has 0 unspecified atom stereocenters. The molecule has 0 saturated carbocycles. The van der Waals surface area contributed by atoms with Gasteiger partial charge in [0.2, 0.25) is 0 Å². The van der Waals surface area contributed by atoms with Crippen LogP contribution in [0.2, 0.25) is 0 Å². The Labute approximate surface area is 115 Å². The number of carboxylic acids is 1. The summed E-state index contributed by atoms with van der Waals surface area (Å²) in [6.45, 7) is 0. The van der Waals surface area contributed by atoms with Gasteiger partial charge in [-0.25, -0.2) is 9.59 Å². The van der Waals surface area contributed by atoms with Crippen molar-refractivity contribution in [1.29, 1.82) is 0 Å². The van der Waals surface area contributed by atoms with E-state index in [4.69, 9.17) is 5.11 Å². The van der Waals surface area contributed by atoms with E-state index in [1.807, 2.05) is 4.98 Å². The molecule has 0 atom stereocenters. The van der Waals surface area contributed by atoms with Crippen molar-refractivity contribution in [1.82, 2.24) is 9.97 Å². The number of aromatic amines is 2. The zero-order valence-electron chi connectivity index (χ0n) is 10.3. The van der Waals surface area contributed by atoms with Gasteiger partial charge in [-0.15, -0.1) is 0 Å². The molecule has 0 saturated heterocycles. The SMILES string of the molecule is O=C(O)c1ccc(O)c(NC(=O)c2c[nH]c(=O)[nH]c2=O)c1. The van der Waals surface area contributed by atoms with Crippen molar-refractivity contribution in [2.24, 2.45) is 0 Å². The van der Waals surface area contributed by atoms with Crippen molar-refractivity contribution < 1.29 is 19.8 Å². The van der Waals surface area contributed by atoms with E-state index in [1.54, 1.807) is 0 Å². The summed E-state index contributed by atoms with van der Waals surface area (Å²) in [6.07, 6.45) is 0.911. The maximum atomic E-state index is 11.9. The maximum absolute atomic E-state index is 11.9. The fourth-order valence-electron chi connectivity index (χ4n) is 1.54. The molecule has 9 nitrogen and oxygen atoms in total. The lowest BCUT2D eigenvalue weighted by Crippen LogP contribution is -2.29. The zero-order chi connectivity index (χ0) is 15.6. The number of hydrogen-bond donors (Lipinski definition) is 5. The molecular weight excluding hydrogens is 282 g/mol. The van der Waals surface area contributed by atoms with Crippen LogP contribution in [0.15, 0.2) is 34.0 Å². The number of anilines is 1. The Hall–Kier alpha value is -3.36. The Morgan fingerprint density at radius 1 is 1.19 bits per heavy atom. The molecule has 1 aromatic heterocycles. The van der Waals surface area contributed by atoms with Crippen LogP contribution in [0.5, 0.6) is 5.75 Å². The number of phenolic OH excluding ortho intramolecular Hbond substituents is 1. The first-order valence-corrected chi connectivity index (χ1v) is 5.58. The van der Waals surface area contributed by atoms with Gasteiger partial charge in [-0.05, 0) is 18.2 Å². The number of carbonyl (C=O) groups is 2. The molecule has 2 rings (SSSR count). The summed E-state index contributed by atoms with van der Waals surface area (Å²) in [7, 11) is 0. The van der Waals surface area contributed by atoms with Gasteiger partial charge in [0.1, 0.15) is 11.3 Å². The van der Waals surface area contributed by atoms with Crippen LogP contribution in [0.25, 0.3) is 0 Å². The van der Waals surface area contributed by atoms with Crippen LogP contribution < -0.4 is 16.6 Å². The van der Waals surface area contributed by atoms with Gasteiger partial charge in [0.05, 0.1) is 11.3 Å². The van der Waals surface area contributed by atoms with Crippen LogP contribution in [0.3, 0.4) is 0 Å². The van der Waals surface area contributed by atoms with E-state index in [-0.39, 0.29) is 17.0 Å². The van der Waals surface area contributed by atoms with Crippen LogP contribution in [0, 0.1) is 0 Å². The van der Waals surface area contributed by atoms with E-state index < -0.39 is 28.7 Å². The van der Waals surface area contributed by atoms with Gasteiger partial charge in [0.25, 0.3) is 11.5 Å². The van der Waals surface area contributed by atoms with E-state index in [0.29, 0.717) is 0 Å². The highest BCUT2D eigenvalue weighted by Crippen LogP contribution is 2.24. The lowest BCUT2D eigenvalue weighted by molar-refractivity contribution is 0.0696. The minimum Gasteiger partial charge on any atom is -0.506 e. The topological polar surface area (TPSA) is 152 Å². The number of carbonyl (C=O) groups excluding carboxylic acids is 1. The number of carboxylic acid groups (broad SMARTS) is 1. The second-order valence-electron chi connectivity index (χ2n) is 3.98. The van der Waals surface area contributed by atoms with Gasteiger partial charge in [-0.3, -0.25) is 14.6 Å². The monoisotopic (exact) mass is 291 g/mol. The van der Waals surface area contributed by atoms with E-state index in [1.165, 1.54) is 0 Å². The third-order valence-corrected chi connectivity index (χ3v) is 2.56. The highest BCUT2D eigenvalue weighted by Gasteiger charge is 2.14. The predicted octanol–water partition coefficient (Wildman–Crippen LogP) is -0.281. The third-order valence-electron chi connectivity index (χ3n) is 2.56. The van der Waals surface area contributed by atoms with Crippen molar-refractivity contribution in [3.05, 3.63) is 56.4 Å². The molecule has 0 spiro atoms. The van der Waals surface area contributed by atoms with Gasteiger partial charge in [0, 0.05) is 6.20 Å². The number of nitrogens with one attached hydrogen (secondary N) is 3. The number of H-pyrrole nitrogens is 2. The summed E-state index contributed by atoms with van der Waals surface area (Å²) in [6, 6.07) is 3.28. The minimum atomic E-state index is -1.24. The molecule has 0 radical (unpaired) electrons. The predicted molar refractivity (Wildman–Crippen MR) is 70.7 cm³/mol. The number of phenols is 1. The molecular formula is C12H9N3O6. The number of hydrogen-bond acceptors (Lipinski definition) is 5. The minimum absolute atomic E-state index is 0.154. The van der Waals surface area contributed by atoms with Crippen LogP contribution >= 0.6 is 0 Å². The molecule has 0 aliphatic heterocycles. The van der Waals surface area contributed by atoms with E-state index in [0.717, 1.165) is 24.4 Å². The summed E-state index contributed by atoms with van der Waals surface area (Å²) in [5, 5.41) is 20.6. The molecule has 0 aliphatic carbocycles. The number of aromatic hydroxyl groups is 1. The summed E-state index contributed by atoms with van der Waals surface area (Å²) >= 11 is 0. The Balaban J connectivity index is 2.35. The van der Waals surface area contributed by atoms with Crippen molar-refractivity contribution >= 4 is 17.6 Å². The van der Waals surface area contributed by atoms with Gasteiger partial charge in [-0.2, -0.15) is 0 Å². The molecule has 0 bridgehead atoms. The Kier molecular flexibility index (Phi) is 3.57. The van der Waals surface area contributed by atoms with Crippen molar-refractivity contribution in [3.63, 3.8) is 0 Å². The smallest absolute Gasteiger partial charge is 0.335 e. The fraction of sp³-hybridized carbons (Fsp3) is 0. The molecule has 1 amide bonds. The molecule has 2 aromatic rings. The molecule has 1 heterocycles. The first kappa shape index (κ1) is 14.1. The van der Waals surface area contributed by atoms with Crippen LogP contribution in [0.1, 0.15) is 20.7 Å². The van der Waals surface area contributed by atoms with Crippen molar-refractivity contribution in [2.45, 2.75) is 0 Å². The lowest BCUT2D eigenvalue weighted by atomic mass is 10.2. The van der Waals surface area contributed by atoms with Gasteiger partial charge >= 0.3 is 11.7 Å². The Bertz CT molecular complexity index is 835. The summed E-state index contributed by atoms with van der Waals surface area (Å²) < 4.78 is 0. The Morgan fingerprint density at radius 2 is 1.90 bits per heavy atom. The average molecular weight is 291 g/mol. The summed E-state index contributed by atoms with van der Waals surface area (Å²) in [5.74, 6) is -2.52. The van der Waals surface area contributed by atoms with E-state index in [2.05, 4.69) is 10.3 Å². The molecule has 21 heavy (non-hydrogen) atoms. The third kappa shape index (κ3) is 2.97. The summed E-state index contributed by atoms with van der Waals surface area (Å²) in [4.78, 5) is 49.0. The zero-order valence-corrected chi connectivity index (χ0v) is 10.3. The fourth-order valence-corrected chi connectivity index (χ4v) is 1.54. The number of rotatable bonds is 3. The highest BCUT2D eigenvalue weighted by atomic mass is 16.4. The number of aromatic carboxylic acids is 1. The van der Waals surface area contributed by atoms with Gasteiger partial charge < -0.3 is 20.5 Å². The molecule has 0 fully saturated rings. The number of amides is 1.